The number of aromatic nitrogens is 2. The number of alkyl halides is 3. The van der Waals surface area contributed by atoms with Gasteiger partial charge >= 0.3 is 6.18 Å². The number of hydrogen-bond acceptors (Lipinski definition) is 3. The topological polar surface area (TPSA) is 54.9 Å². The molecule has 1 aromatic carbocycles. The highest BCUT2D eigenvalue weighted by atomic mass is 79.9. The molecule has 0 bridgehead atoms. The highest BCUT2D eigenvalue weighted by Gasteiger charge is 2.31. The van der Waals surface area contributed by atoms with Crippen molar-refractivity contribution in [3.05, 3.63) is 51.3 Å². The van der Waals surface area contributed by atoms with E-state index >= 15 is 0 Å². The summed E-state index contributed by atoms with van der Waals surface area (Å²) in [6.45, 7) is 0. The van der Waals surface area contributed by atoms with Crippen LogP contribution in [0.3, 0.4) is 0 Å². The Hall–Kier alpha value is -1.67. The van der Waals surface area contributed by atoms with Crippen molar-refractivity contribution in [2.75, 3.05) is 5.32 Å². The van der Waals surface area contributed by atoms with Gasteiger partial charge in [0.05, 0.1) is 11.1 Å². The first-order chi connectivity index (χ1) is 9.77. The number of halogens is 5. The Bertz CT molecular complexity index is 694. The fraction of sp³-hybridized carbons (Fsp3) is 0.0833. The van der Waals surface area contributed by atoms with Crippen LogP contribution in [0.15, 0.2) is 34.9 Å². The molecule has 1 N–H and O–H groups in total. The Morgan fingerprint density at radius 1 is 1.29 bits per heavy atom. The molecule has 0 radical (unpaired) electrons. The van der Waals surface area contributed by atoms with Gasteiger partial charge in [0.1, 0.15) is 5.82 Å². The fourth-order valence-corrected chi connectivity index (χ4v) is 2.04. The van der Waals surface area contributed by atoms with E-state index in [1.54, 1.807) is 0 Å². The summed E-state index contributed by atoms with van der Waals surface area (Å²) in [4.78, 5) is 19.4. The molecule has 0 spiro atoms. The van der Waals surface area contributed by atoms with E-state index in [1.165, 1.54) is 12.3 Å². The molecule has 0 unspecified atom stereocenters. The molecule has 0 saturated carbocycles. The first-order valence-electron chi connectivity index (χ1n) is 5.44. The Morgan fingerprint density at radius 2 is 2.00 bits per heavy atom. The van der Waals surface area contributed by atoms with Crippen LogP contribution < -0.4 is 5.32 Å². The van der Waals surface area contributed by atoms with E-state index in [4.69, 9.17) is 11.6 Å². The smallest absolute Gasteiger partial charge is 0.306 e. The van der Waals surface area contributed by atoms with E-state index < -0.39 is 17.6 Å². The molecule has 0 saturated heterocycles. The van der Waals surface area contributed by atoms with Crippen LogP contribution in [-0.2, 0) is 6.18 Å². The van der Waals surface area contributed by atoms with Crippen molar-refractivity contribution in [2.24, 2.45) is 0 Å². The summed E-state index contributed by atoms with van der Waals surface area (Å²) in [6.07, 6.45) is -3.22. The third-order valence-corrected chi connectivity index (χ3v) is 3.28. The Kier molecular flexibility index (Phi) is 4.48. The van der Waals surface area contributed by atoms with Crippen molar-refractivity contribution in [1.29, 1.82) is 0 Å². The van der Waals surface area contributed by atoms with Gasteiger partial charge in [0.2, 0.25) is 5.28 Å². The SMILES string of the molecule is O=C(Nc1ccnc(Cl)n1)c1cc(C(F)(F)F)ccc1Br. The maximum Gasteiger partial charge on any atom is 0.416 e. The van der Waals surface area contributed by atoms with Crippen LogP contribution >= 0.6 is 27.5 Å². The van der Waals surface area contributed by atoms with Gasteiger partial charge in [-0.1, -0.05) is 0 Å². The monoisotopic (exact) mass is 379 g/mol. The molecular weight excluding hydrogens is 375 g/mol. The molecule has 0 aliphatic heterocycles. The average Bonchev–Trinajstić information content (AvgIpc) is 2.37. The average molecular weight is 381 g/mol. The zero-order chi connectivity index (χ0) is 15.6. The minimum atomic E-state index is -4.53. The van der Waals surface area contributed by atoms with Crippen molar-refractivity contribution in [2.45, 2.75) is 6.18 Å². The van der Waals surface area contributed by atoms with Gasteiger partial charge in [-0.3, -0.25) is 4.79 Å². The van der Waals surface area contributed by atoms with Gasteiger partial charge in [-0.05, 0) is 51.8 Å². The van der Waals surface area contributed by atoms with Crippen molar-refractivity contribution in [1.82, 2.24) is 9.97 Å². The molecule has 9 heteroatoms. The van der Waals surface area contributed by atoms with Crippen LogP contribution in [0.25, 0.3) is 0 Å². The summed E-state index contributed by atoms with van der Waals surface area (Å²) in [6, 6.07) is 4.15. The second-order valence-corrected chi connectivity index (χ2v) is 5.05. The predicted octanol–water partition coefficient (Wildman–Crippen LogP) is 4.16. The van der Waals surface area contributed by atoms with Gasteiger partial charge < -0.3 is 5.32 Å². The van der Waals surface area contributed by atoms with E-state index in [0.29, 0.717) is 0 Å². The second-order valence-electron chi connectivity index (χ2n) is 3.86. The lowest BCUT2D eigenvalue weighted by molar-refractivity contribution is -0.137. The van der Waals surface area contributed by atoms with Crippen LogP contribution in [0.5, 0.6) is 0 Å². The molecule has 1 aromatic heterocycles. The van der Waals surface area contributed by atoms with Gasteiger partial charge in [-0.25, -0.2) is 9.97 Å². The number of carbonyl (C=O) groups is 1. The first-order valence-corrected chi connectivity index (χ1v) is 6.61. The summed E-state index contributed by atoms with van der Waals surface area (Å²) in [7, 11) is 0. The van der Waals surface area contributed by atoms with Gasteiger partial charge in [0.15, 0.2) is 0 Å². The Balaban J connectivity index is 2.31. The minimum absolute atomic E-state index is 0.0871. The molecule has 110 valence electrons. The molecule has 2 aromatic rings. The van der Waals surface area contributed by atoms with Crippen LogP contribution in [0, 0.1) is 0 Å². The standard InChI is InChI=1S/C12H6BrClF3N3O/c13-8-2-1-6(12(15,16)17)5-7(8)10(21)19-9-3-4-18-11(14)20-9/h1-5H,(H,18,19,20,21). The molecule has 4 nitrogen and oxygen atoms in total. The highest BCUT2D eigenvalue weighted by molar-refractivity contribution is 9.10. The molecule has 21 heavy (non-hydrogen) atoms. The molecule has 0 atom stereocenters. The van der Waals surface area contributed by atoms with Crippen LogP contribution in [0.4, 0.5) is 19.0 Å². The number of anilines is 1. The largest absolute Gasteiger partial charge is 0.416 e. The molecule has 1 heterocycles. The number of amides is 1. The summed E-state index contributed by atoms with van der Waals surface area (Å²) in [5.74, 6) is -0.660. The quantitative estimate of drug-likeness (QED) is 0.796. The summed E-state index contributed by atoms with van der Waals surface area (Å²) >= 11 is 8.60. The van der Waals surface area contributed by atoms with E-state index in [-0.39, 0.29) is 21.1 Å². The third-order valence-electron chi connectivity index (χ3n) is 2.41. The van der Waals surface area contributed by atoms with Crippen LogP contribution in [-0.4, -0.2) is 15.9 Å². The lowest BCUT2D eigenvalue weighted by atomic mass is 10.1. The number of benzene rings is 1. The number of nitrogens with one attached hydrogen (secondary N) is 1. The second kappa shape index (κ2) is 5.98. The Morgan fingerprint density at radius 3 is 2.62 bits per heavy atom. The van der Waals surface area contributed by atoms with Gasteiger partial charge in [-0.2, -0.15) is 13.2 Å². The zero-order valence-corrected chi connectivity index (χ0v) is 12.4. The van der Waals surface area contributed by atoms with Crippen molar-refractivity contribution >= 4 is 39.3 Å². The number of hydrogen-bond donors (Lipinski definition) is 1. The third kappa shape index (κ3) is 3.92. The maximum atomic E-state index is 12.7. The molecule has 0 aliphatic rings. The highest BCUT2D eigenvalue weighted by Crippen LogP contribution is 2.32. The number of nitrogens with zero attached hydrogens (tertiary/aromatic N) is 2. The normalized spacial score (nSPS) is 11.3. The molecule has 1 amide bonds. The lowest BCUT2D eigenvalue weighted by Gasteiger charge is -2.10. The van der Waals surface area contributed by atoms with Crippen molar-refractivity contribution in [3.63, 3.8) is 0 Å². The zero-order valence-electron chi connectivity index (χ0n) is 10.1. The maximum absolute atomic E-state index is 12.7. The van der Waals surface area contributed by atoms with E-state index in [2.05, 4.69) is 31.2 Å². The van der Waals surface area contributed by atoms with E-state index in [9.17, 15) is 18.0 Å². The first kappa shape index (κ1) is 15.7. The summed E-state index contributed by atoms with van der Waals surface area (Å²) < 4.78 is 38.2. The van der Waals surface area contributed by atoms with Crippen molar-refractivity contribution in [3.8, 4) is 0 Å². The number of carbonyl (C=O) groups excluding carboxylic acids is 1. The predicted molar refractivity (Wildman–Crippen MR) is 74.1 cm³/mol. The van der Waals surface area contributed by atoms with Gasteiger partial charge in [-0.15, -0.1) is 0 Å². The van der Waals surface area contributed by atoms with E-state index in [0.717, 1.165) is 18.2 Å². The molecule has 2 rings (SSSR count). The van der Waals surface area contributed by atoms with Gasteiger partial charge in [0.25, 0.3) is 5.91 Å². The van der Waals surface area contributed by atoms with Gasteiger partial charge in [0, 0.05) is 10.7 Å². The summed E-state index contributed by atoms with van der Waals surface area (Å²) in [5, 5.41) is 2.26. The molecular formula is C12H6BrClF3N3O. The number of rotatable bonds is 2. The minimum Gasteiger partial charge on any atom is -0.306 e. The molecule has 0 aliphatic carbocycles. The van der Waals surface area contributed by atoms with E-state index in [1.807, 2.05) is 0 Å². The van der Waals surface area contributed by atoms with Crippen molar-refractivity contribution < 1.29 is 18.0 Å². The van der Waals surface area contributed by atoms with Crippen LogP contribution in [0.1, 0.15) is 15.9 Å². The fourth-order valence-electron chi connectivity index (χ4n) is 1.46. The summed E-state index contributed by atoms with van der Waals surface area (Å²) in [5.41, 5.74) is -1.09. The Labute approximate surface area is 130 Å². The lowest BCUT2D eigenvalue weighted by Crippen LogP contribution is -2.15. The molecule has 0 fully saturated rings. The van der Waals surface area contributed by atoms with Crippen LogP contribution in [0.2, 0.25) is 5.28 Å².